The first kappa shape index (κ1) is 13.0. The van der Waals surface area contributed by atoms with E-state index in [0.29, 0.717) is 5.41 Å². The molecule has 0 bridgehead atoms. The summed E-state index contributed by atoms with van der Waals surface area (Å²) in [4.78, 5) is 2.74. The molecule has 94 valence electrons. The molecule has 0 aromatic rings. The second-order valence-corrected chi connectivity index (χ2v) is 6.79. The van der Waals surface area contributed by atoms with Crippen LogP contribution in [0.1, 0.15) is 19.3 Å². The summed E-state index contributed by atoms with van der Waals surface area (Å²) in [5, 5.41) is 3.54. The lowest BCUT2D eigenvalue weighted by Gasteiger charge is -2.24. The van der Waals surface area contributed by atoms with Gasteiger partial charge in [-0.05, 0) is 55.2 Å². The molecule has 0 aliphatic carbocycles. The van der Waals surface area contributed by atoms with Crippen molar-refractivity contribution in [3.05, 3.63) is 0 Å². The van der Waals surface area contributed by atoms with Gasteiger partial charge in [-0.3, -0.25) is 0 Å². The van der Waals surface area contributed by atoms with Crippen molar-refractivity contribution in [3.8, 4) is 0 Å². The van der Waals surface area contributed by atoms with E-state index in [9.17, 15) is 0 Å². The second-order valence-electron chi connectivity index (χ2n) is 5.64. The molecule has 0 aromatic carbocycles. The highest BCUT2D eigenvalue weighted by Gasteiger charge is 2.40. The maximum Gasteiger partial charge on any atom is 0.00512 e. The van der Waals surface area contributed by atoms with E-state index in [4.69, 9.17) is 0 Å². The summed E-state index contributed by atoms with van der Waals surface area (Å²) in [5.41, 5.74) is 0.672. The van der Waals surface area contributed by atoms with Crippen molar-refractivity contribution in [2.75, 3.05) is 44.2 Å². The monoisotopic (exact) mass is 262 g/mol. The second kappa shape index (κ2) is 5.47. The summed E-state index contributed by atoms with van der Waals surface area (Å²) < 4.78 is 0. The van der Waals surface area contributed by atoms with Crippen LogP contribution in [0.15, 0.2) is 0 Å². The van der Waals surface area contributed by atoms with Crippen molar-refractivity contribution in [1.82, 2.24) is 10.2 Å². The molecule has 3 heterocycles. The summed E-state index contributed by atoms with van der Waals surface area (Å²) in [5.74, 6) is 3.83. The van der Waals surface area contributed by atoms with Crippen LogP contribution in [0, 0.1) is 11.3 Å². The van der Waals surface area contributed by atoms with Crippen molar-refractivity contribution < 1.29 is 0 Å². The van der Waals surface area contributed by atoms with Crippen LogP contribution in [-0.2, 0) is 0 Å². The first-order chi connectivity index (χ1) is 7.36. The SMILES string of the molecule is C1CC2(CCN(CC3CCSC3)C2)CN1.Cl. The van der Waals surface area contributed by atoms with Crippen LogP contribution in [0.3, 0.4) is 0 Å². The molecule has 1 N–H and O–H groups in total. The first-order valence-corrected chi connectivity index (χ1v) is 7.53. The summed E-state index contributed by atoms with van der Waals surface area (Å²) in [6.45, 7) is 6.66. The van der Waals surface area contributed by atoms with Crippen LogP contribution in [0.2, 0.25) is 0 Å². The summed E-state index contributed by atoms with van der Waals surface area (Å²) in [7, 11) is 0. The molecule has 3 aliphatic rings. The molecule has 0 radical (unpaired) electrons. The Bertz CT molecular complexity index is 225. The largest absolute Gasteiger partial charge is 0.316 e. The predicted octanol–water partition coefficient (Wildman–Crippen LogP) is 1.85. The molecule has 3 fully saturated rings. The molecule has 2 atom stereocenters. The minimum Gasteiger partial charge on any atom is -0.316 e. The van der Waals surface area contributed by atoms with Gasteiger partial charge < -0.3 is 10.2 Å². The molecule has 2 unspecified atom stereocenters. The van der Waals surface area contributed by atoms with Crippen LogP contribution >= 0.6 is 24.2 Å². The summed E-state index contributed by atoms with van der Waals surface area (Å²) in [6.07, 6.45) is 4.33. The molecule has 3 rings (SSSR count). The summed E-state index contributed by atoms with van der Waals surface area (Å²) in [6, 6.07) is 0. The number of hydrogen-bond donors (Lipinski definition) is 1. The van der Waals surface area contributed by atoms with Crippen LogP contribution in [0.4, 0.5) is 0 Å². The standard InChI is InChI=1S/C12H22N2S.ClH/c1-6-15-8-11(1)7-14-5-3-12(10-14)2-4-13-9-12;/h11,13H,1-10H2;1H. The first-order valence-electron chi connectivity index (χ1n) is 6.37. The van der Waals surface area contributed by atoms with Gasteiger partial charge in [0.1, 0.15) is 0 Å². The fraction of sp³-hybridized carbons (Fsp3) is 1.00. The highest BCUT2D eigenvalue weighted by atomic mass is 35.5. The van der Waals surface area contributed by atoms with E-state index in [1.807, 2.05) is 0 Å². The smallest absolute Gasteiger partial charge is 0.00512 e. The Balaban J connectivity index is 0.000000963. The Morgan fingerprint density at radius 3 is 3.00 bits per heavy atom. The molecule has 3 saturated heterocycles. The number of thioether (sulfide) groups is 1. The average molecular weight is 263 g/mol. The van der Waals surface area contributed by atoms with Crippen LogP contribution < -0.4 is 5.32 Å². The number of halogens is 1. The Morgan fingerprint density at radius 2 is 2.31 bits per heavy atom. The third-order valence-corrected chi connectivity index (χ3v) is 5.62. The third kappa shape index (κ3) is 2.69. The number of hydrogen-bond acceptors (Lipinski definition) is 3. The molecule has 0 saturated carbocycles. The molecule has 4 heteroatoms. The van der Waals surface area contributed by atoms with E-state index in [1.165, 1.54) is 63.5 Å². The van der Waals surface area contributed by atoms with E-state index in [-0.39, 0.29) is 12.4 Å². The van der Waals surface area contributed by atoms with Gasteiger partial charge in [-0.1, -0.05) is 0 Å². The van der Waals surface area contributed by atoms with Gasteiger partial charge in [-0.25, -0.2) is 0 Å². The summed E-state index contributed by atoms with van der Waals surface area (Å²) >= 11 is 2.15. The number of nitrogens with one attached hydrogen (secondary N) is 1. The van der Waals surface area contributed by atoms with Crippen molar-refractivity contribution in [2.45, 2.75) is 19.3 Å². The zero-order valence-electron chi connectivity index (χ0n) is 9.91. The number of likely N-dealkylation sites (tertiary alicyclic amines) is 1. The lowest BCUT2D eigenvalue weighted by atomic mass is 9.86. The highest BCUT2D eigenvalue weighted by molar-refractivity contribution is 7.99. The van der Waals surface area contributed by atoms with Crippen molar-refractivity contribution in [3.63, 3.8) is 0 Å². The lowest BCUT2D eigenvalue weighted by molar-refractivity contribution is 0.248. The van der Waals surface area contributed by atoms with Gasteiger partial charge in [-0.15, -0.1) is 12.4 Å². The van der Waals surface area contributed by atoms with Gasteiger partial charge in [-0.2, -0.15) is 11.8 Å². The number of rotatable bonds is 2. The van der Waals surface area contributed by atoms with Gasteiger partial charge >= 0.3 is 0 Å². The van der Waals surface area contributed by atoms with Crippen LogP contribution in [0.5, 0.6) is 0 Å². The molecule has 0 aromatic heterocycles. The number of nitrogens with zero attached hydrogens (tertiary/aromatic N) is 1. The fourth-order valence-corrected chi connectivity index (χ4v) is 4.69. The highest BCUT2D eigenvalue weighted by Crippen LogP contribution is 2.37. The van der Waals surface area contributed by atoms with Gasteiger partial charge in [0, 0.05) is 19.6 Å². The van der Waals surface area contributed by atoms with Crippen molar-refractivity contribution in [2.24, 2.45) is 11.3 Å². The third-order valence-electron chi connectivity index (χ3n) is 4.39. The Morgan fingerprint density at radius 1 is 1.38 bits per heavy atom. The van der Waals surface area contributed by atoms with Crippen molar-refractivity contribution in [1.29, 1.82) is 0 Å². The molecule has 3 aliphatic heterocycles. The zero-order chi connectivity index (χ0) is 10.1. The zero-order valence-corrected chi connectivity index (χ0v) is 11.5. The van der Waals surface area contributed by atoms with E-state index in [2.05, 4.69) is 22.0 Å². The molecular weight excluding hydrogens is 240 g/mol. The minimum absolute atomic E-state index is 0. The Hall–Kier alpha value is 0.560. The quantitative estimate of drug-likeness (QED) is 0.818. The molecule has 2 nitrogen and oxygen atoms in total. The van der Waals surface area contributed by atoms with Crippen LogP contribution in [0.25, 0.3) is 0 Å². The average Bonchev–Trinajstić information content (AvgIpc) is 2.92. The molecule has 16 heavy (non-hydrogen) atoms. The minimum atomic E-state index is 0. The maximum atomic E-state index is 3.54. The Labute approximate surface area is 109 Å². The molecular formula is C12H23ClN2S. The van der Waals surface area contributed by atoms with Gasteiger partial charge in [0.05, 0.1) is 0 Å². The van der Waals surface area contributed by atoms with Crippen LogP contribution in [-0.4, -0.2) is 49.1 Å². The van der Waals surface area contributed by atoms with Gasteiger partial charge in [0.2, 0.25) is 0 Å². The van der Waals surface area contributed by atoms with E-state index < -0.39 is 0 Å². The fourth-order valence-electron chi connectivity index (χ4n) is 3.42. The van der Waals surface area contributed by atoms with E-state index in [1.54, 1.807) is 0 Å². The predicted molar refractivity (Wildman–Crippen MR) is 73.7 cm³/mol. The van der Waals surface area contributed by atoms with E-state index >= 15 is 0 Å². The molecule has 1 spiro atoms. The lowest BCUT2D eigenvalue weighted by Crippen LogP contribution is -2.32. The van der Waals surface area contributed by atoms with E-state index in [0.717, 1.165) is 5.92 Å². The van der Waals surface area contributed by atoms with Gasteiger partial charge in [0.15, 0.2) is 0 Å². The van der Waals surface area contributed by atoms with Crippen molar-refractivity contribution >= 4 is 24.2 Å². The normalized spacial score (nSPS) is 39.4. The maximum absolute atomic E-state index is 3.54. The Kier molecular flexibility index (Phi) is 4.44. The van der Waals surface area contributed by atoms with Gasteiger partial charge in [0.25, 0.3) is 0 Å². The molecule has 0 amide bonds. The topological polar surface area (TPSA) is 15.3 Å².